The molecule has 0 fully saturated rings. The lowest BCUT2D eigenvalue weighted by Gasteiger charge is -2.17. The lowest BCUT2D eigenvalue weighted by Crippen LogP contribution is -2.06. The summed E-state index contributed by atoms with van der Waals surface area (Å²) in [7, 11) is 0. The van der Waals surface area contributed by atoms with Crippen molar-refractivity contribution >= 4 is 16.6 Å². The van der Waals surface area contributed by atoms with E-state index in [1.807, 2.05) is 6.20 Å². The second-order valence-electron chi connectivity index (χ2n) is 5.86. The fourth-order valence-electron chi connectivity index (χ4n) is 2.54. The summed E-state index contributed by atoms with van der Waals surface area (Å²) in [6.45, 7) is 6.62. The van der Waals surface area contributed by atoms with Crippen molar-refractivity contribution in [1.82, 2.24) is 10.2 Å². The average molecular weight is 279 g/mol. The van der Waals surface area contributed by atoms with Crippen molar-refractivity contribution in [2.24, 2.45) is 0 Å². The highest BCUT2D eigenvalue weighted by Crippen LogP contribution is 2.24. The third-order valence-corrected chi connectivity index (χ3v) is 3.93. The summed E-state index contributed by atoms with van der Waals surface area (Å²) in [6.07, 6.45) is 1.85. The van der Waals surface area contributed by atoms with E-state index in [-0.39, 0.29) is 6.04 Å². The van der Waals surface area contributed by atoms with Crippen LogP contribution in [0, 0.1) is 0 Å². The van der Waals surface area contributed by atoms with Gasteiger partial charge in [-0.1, -0.05) is 38.1 Å². The summed E-state index contributed by atoms with van der Waals surface area (Å²) in [5.74, 6) is 0.575. The molecule has 1 heterocycles. The van der Waals surface area contributed by atoms with E-state index in [2.05, 4.69) is 78.7 Å². The highest BCUT2D eigenvalue weighted by atomic mass is 15.1. The van der Waals surface area contributed by atoms with Crippen LogP contribution in [0.15, 0.2) is 48.7 Å². The van der Waals surface area contributed by atoms with Gasteiger partial charge in [0.25, 0.3) is 0 Å². The van der Waals surface area contributed by atoms with Gasteiger partial charge in [0.2, 0.25) is 0 Å². The Kier molecular flexibility index (Phi) is 3.65. The molecule has 2 aromatic carbocycles. The summed E-state index contributed by atoms with van der Waals surface area (Å²) in [4.78, 5) is 0. The van der Waals surface area contributed by atoms with Gasteiger partial charge in [0.1, 0.15) is 0 Å². The van der Waals surface area contributed by atoms with Gasteiger partial charge in [0.15, 0.2) is 0 Å². The number of nitrogens with zero attached hydrogens (tertiary/aromatic N) is 1. The van der Waals surface area contributed by atoms with Crippen LogP contribution in [0.5, 0.6) is 0 Å². The summed E-state index contributed by atoms with van der Waals surface area (Å²) in [5.41, 5.74) is 4.86. The summed E-state index contributed by atoms with van der Waals surface area (Å²) < 4.78 is 0. The average Bonchev–Trinajstić information content (AvgIpc) is 2.95. The Morgan fingerprint density at radius 1 is 0.952 bits per heavy atom. The lowest BCUT2D eigenvalue weighted by molar-refractivity contribution is 0.852. The fourth-order valence-corrected chi connectivity index (χ4v) is 2.54. The van der Waals surface area contributed by atoms with Crippen LogP contribution in [-0.2, 0) is 0 Å². The molecule has 0 bridgehead atoms. The first-order chi connectivity index (χ1) is 10.1. The fraction of sp³-hybridized carbons (Fsp3) is 0.278. The third kappa shape index (κ3) is 2.92. The van der Waals surface area contributed by atoms with Crippen LogP contribution in [0.25, 0.3) is 10.9 Å². The molecule has 0 radical (unpaired) electrons. The summed E-state index contributed by atoms with van der Waals surface area (Å²) in [5, 5.41) is 11.7. The van der Waals surface area contributed by atoms with E-state index in [1.54, 1.807) is 0 Å². The SMILES string of the molecule is CC(C)c1ccc(C(C)Nc2ccc3[nH]ncc3c2)cc1. The molecule has 0 aliphatic heterocycles. The third-order valence-electron chi connectivity index (χ3n) is 3.93. The number of hydrogen-bond donors (Lipinski definition) is 2. The molecule has 3 nitrogen and oxygen atoms in total. The molecule has 0 amide bonds. The molecule has 0 saturated carbocycles. The minimum atomic E-state index is 0.274. The number of nitrogens with one attached hydrogen (secondary N) is 2. The number of rotatable bonds is 4. The number of hydrogen-bond acceptors (Lipinski definition) is 2. The first-order valence-electron chi connectivity index (χ1n) is 7.43. The minimum Gasteiger partial charge on any atom is -0.379 e. The summed E-state index contributed by atoms with van der Waals surface area (Å²) >= 11 is 0. The molecular weight excluding hydrogens is 258 g/mol. The standard InChI is InChI=1S/C18H21N3/c1-12(2)14-4-6-15(7-5-14)13(3)20-17-8-9-18-16(10-17)11-19-21-18/h4-13,20H,1-3H3,(H,19,21). The predicted octanol–water partition coefficient (Wildman–Crippen LogP) is 4.86. The molecule has 0 aliphatic carbocycles. The van der Waals surface area contributed by atoms with E-state index in [1.165, 1.54) is 11.1 Å². The molecule has 3 heteroatoms. The molecule has 0 aliphatic rings. The van der Waals surface area contributed by atoms with Crippen LogP contribution in [0.4, 0.5) is 5.69 Å². The molecule has 3 aromatic rings. The van der Waals surface area contributed by atoms with E-state index in [0.717, 1.165) is 16.6 Å². The Labute approximate surface area is 125 Å². The number of benzene rings is 2. The maximum absolute atomic E-state index is 4.05. The molecule has 0 spiro atoms. The smallest absolute Gasteiger partial charge is 0.0651 e. The van der Waals surface area contributed by atoms with E-state index >= 15 is 0 Å². The van der Waals surface area contributed by atoms with Gasteiger partial charge in [0, 0.05) is 17.1 Å². The second-order valence-corrected chi connectivity index (χ2v) is 5.86. The van der Waals surface area contributed by atoms with Crippen molar-refractivity contribution in [2.45, 2.75) is 32.7 Å². The Hall–Kier alpha value is -2.29. The van der Waals surface area contributed by atoms with E-state index < -0.39 is 0 Å². The molecule has 108 valence electrons. The Morgan fingerprint density at radius 3 is 2.38 bits per heavy atom. The van der Waals surface area contributed by atoms with Gasteiger partial charge in [-0.15, -0.1) is 0 Å². The molecule has 1 atom stereocenters. The minimum absolute atomic E-state index is 0.274. The first-order valence-corrected chi connectivity index (χ1v) is 7.43. The van der Waals surface area contributed by atoms with E-state index in [9.17, 15) is 0 Å². The Balaban J connectivity index is 1.76. The molecular formula is C18H21N3. The predicted molar refractivity (Wildman–Crippen MR) is 88.7 cm³/mol. The number of H-pyrrole nitrogens is 1. The number of anilines is 1. The zero-order valence-electron chi connectivity index (χ0n) is 12.7. The van der Waals surface area contributed by atoms with Crippen LogP contribution in [0.1, 0.15) is 43.9 Å². The first kappa shape index (κ1) is 13.7. The van der Waals surface area contributed by atoms with Crippen LogP contribution >= 0.6 is 0 Å². The van der Waals surface area contributed by atoms with Crippen LogP contribution in [0.3, 0.4) is 0 Å². The van der Waals surface area contributed by atoms with Gasteiger partial charge in [-0.2, -0.15) is 5.10 Å². The maximum Gasteiger partial charge on any atom is 0.0651 e. The number of fused-ring (bicyclic) bond motifs is 1. The van der Waals surface area contributed by atoms with E-state index in [0.29, 0.717) is 5.92 Å². The van der Waals surface area contributed by atoms with Crippen molar-refractivity contribution in [3.05, 3.63) is 59.8 Å². The van der Waals surface area contributed by atoms with Gasteiger partial charge >= 0.3 is 0 Å². The van der Waals surface area contributed by atoms with Crippen LogP contribution in [0.2, 0.25) is 0 Å². The molecule has 0 saturated heterocycles. The van der Waals surface area contributed by atoms with Crippen molar-refractivity contribution in [3.63, 3.8) is 0 Å². The quantitative estimate of drug-likeness (QED) is 0.716. The number of aromatic nitrogens is 2. The highest BCUT2D eigenvalue weighted by molar-refractivity contribution is 5.81. The lowest BCUT2D eigenvalue weighted by atomic mass is 9.99. The van der Waals surface area contributed by atoms with Gasteiger partial charge in [0.05, 0.1) is 11.7 Å². The largest absolute Gasteiger partial charge is 0.379 e. The molecule has 3 rings (SSSR count). The Bertz CT molecular complexity index is 726. The number of aromatic amines is 1. The second kappa shape index (κ2) is 5.60. The topological polar surface area (TPSA) is 40.7 Å². The van der Waals surface area contributed by atoms with Gasteiger partial charge in [-0.25, -0.2) is 0 Å². The summed E-state index contributed by atoms with van der Waals surface area (Å²) in [6, 6.07) is 15.4. The van der Waals surface area contributed by atoms with Crippen molar-refractivity contribution in [1.29, 1.82) is 0 Å². The van der Waals surface area contributed by atoms with Gasteiger partial charge in [-0.3, -0.25) is 5.10 Å². The zero-order chi connectivity index (χ0) is 14.8. The van der Waals surface area contributed by atoms with Crippen LogP contribution in [-0.4, -0.2) is 10.2 Å². The zero-order valence-corrected chi connectivity index (χ0v) is 12.7. The normalized spacial score (nSPS) is 12.8. The van der Waals surface area contributed by atoms with Crippen molar-refractivity contribution in [2.75, 3.05) is 5.32 Å². The molecule has 1 aromatic heterocycles. The Morgan fingerprint density at radius 2 is 1.67 bits per heavy atom. The van der Waals surface area contributed by atoms with Crippen molar-refractivity contribution < 1.29 is 0 Å². The van der Waals surface area contributed by atoms with Gasteiger partial charge < -0.3 is 5.32 Å². The monoisotopic (exact) mass is 279 g/mol. The van der Waals surface area contributed by atoms with Crippen LogP contribution < -0.4 is 5.32 Å². The molecule has 1 unspecified atom stereocenters. The van der Waals surface area contributed by atoms with Gasteiger partial charge in [-0.05, 0) is 42.2 Å². The molecule has 21 heavy (non-hydrogen) atoms. The highest BCUT2D eigenvalue weighted by Gasteiger charge is 2.07. The van der Waals surface area contributed by atoms with Crippen molar-refractivity contribution in [3.8, 4) is 0 Å². The molecule has 2 N–H and O–H groups in total. The maximum atomic E-state index is 4.05. The van der Waals surface area contributed by atoms with E-state index in [4.69, 9.17) is 0 Å².